The van der Waals surface area contributed by atoms with Crippen molar-refractivity contribution in [2.24, 2.45) is 5.73 Å². The highest BCUT2D eigenvalue weighted by Crippen LogP contribution is 2.30. The Bertz CT molecular complexity index is 316. The molecule has 1 saturated carbocycles. The van der Waals surface area contributed by atoms with E-state index in [-0.39, 0.29) is 11.7 Å². The number of aliphatic carboxylic acids is 1. The van der Waals surface area contributed by atoms with Crippen molar-refractivity contribution in [3.8, 4) is 0 Å². The largest absolute Gasteiger partial charge is 0.480 e. The third-order valence-corrected chi connectivity index (χ3v) is 4.46. The number of amides is 1. The van der Waals surface area contributed by atoms with E-state index in [1.807, 2.05) is 0 Å². The second-order valence-corrected chi connectivity index (χ2v) is 6.57. The van der Waals surface area contributed by atoms with Gasteiger partial charge in [-0.25, -0.2) is 0 Å². The molecule has 3 N–H and O–H groups in total. The van der Waals surface area contributed by atoms with Crippen molar-refractivity contribution in [1.29, 1.82) is 0 Å². The molecule has 0 saturated heterocycles. The van der Waals surface area contributed by atoms with Gasteiger partial charge in [-0.15, -0.1) is 11.8 Å². The topological polar surface area (TPSA) is 83.6 Å². The van der Waals surface area contributed by atoms with Crippen LogP contribution in [0.1, 0.15) is 26.7 Å². The number of nitrogens with zero attached hydrogens (tertiary/aromatic N) is 1. The van der Waals surface area contributed by atoms with E-state index in [0.717, 1.165) is 12.8 Å². The highest BCUT2D eigenvalue weighted by Gasteiger charge is 2.35. The lowest BCUT2D eigenvalue weighted by Crippen LogP contribution is -2.47. The molecule has 0 aromatic rings. The molecular formula is C11H20N2O3S. The second kappa shape index (κ2) is 5.27. The number of carboxylic acids is 1. The van der Waals surface area contributed by atoms with Gasteiger partial charge in [-0.3, -0.25) is 9.59 Å². The molecule has 1 fully saturated rings. The maximum Gasteiger partial charge on any atom is 0.321 e. The van der Waals surface area contributed by atoms with E-state index in [2.05, 4.69) is 0 Å². The predicted molar refractivity (Wildman–Crippen MR) is 67.9 cm³/mol. The number of nitrogens with two attached hydrogens (primary N) is 1. The fourth-order valence-electron chi connectivity index (χ4n) is 1.40. The highest BCUT2D eigenvalue weighted by atomic mass is 32.2. The Morgan fingerprint density at radius 3 is 2.47 bits per heavy atom. The van der Waals surface area contributed by atoms with Gasteiger partial charge in [-0.1, -0.05) is 0 Å². The molecule has 98 valence electrons. The first kappa shape index (κ1) is 14.3. The minimum Gasteiger partial charge on any atom is -0.480 e. The van der Waals surface area contributed by atoms with Crippen molar-refractivity contribution in [2.45, 2.75) is 43.5 Å². The first-order valence-electron chi connectivity index (χ1n) is 5.63. The predicted octanol–water partition coefficient (Wildman–Crippen LogP) is 0.531. The molecule has 0 aliphatic heterocycles. The summed E-state index contributed by atoms with van der Waals surface area (Å²) in [6.07, 6.45) is 2.15. The van der Waals surface area contributed by atoms with Gasteiger partial charge in [0.25, 0.3) is 0 Å². The van der Waals surface area contributed by atoms with E-state index in [0.29, 0.717) is 6.04 Å². The SMILES string of the molecule is CN(C(=O)CSC(C)(C)[C@@H](N)C(=O)O)C1CC1. The van der Waals surface area contributed by atoms with Crippen molar-refractivity contribution in [3.63, 3.8) is 0 Å². The molecule has 1 aliphatic rings. The summed E-state index contributed by atoms with van der Waals surface area (Å²) < 4.78 is -0.647. The summed E-state index contributed by atoms with van der Waals surface area (Å²) in [6.45, 7) is 3.50. The number of carbonyl (C=O) groups is 2. The first-order chi connectivity index (χ1) is 7.75. The van der Waals surface area contributed by atoms with Crippen LogP contribution in [0.5, 0.6) is 0 Å². The smallest absolute Gasteiger partial charge is 0.321 e. The number of carboxylic acid groups (broad SMARTS) is 1. The van der Waals surface area contributed by atoms with Gasteiger partial charge in [0.1, 0.15) is 6.04 Å². The summed E-state index contributed by atoms with van der Waals surface area (Å²) in [4.78, 5) is 24.3. The number of hydrogen-bond donors (Lipinski definition) is 2. The number of hydrogen-bond acceptors (Lipinski definition) is 4. The van der Waals surface area contributed by atoms with Gasteiger partial charge in [-0.2, -0.15) is 0 Å². The summed E-state index contributed by atoms with van der Waals surface area (Å²) in [5.41, 5.74) is 5.58. The Morgan fingerprint density at radius 1 is 1.53 bits per heavy atom. The molecule has 1 amide bonds. The van der Waals surface area contributed by atoms with E-state index in [1.165, 1.54) is 11.8 Å². The fourth-order valence-corrected chi connectivity index (χ4v) is 2.38. The van der Waals surface area contributed by atoms with Crippen LogP contribution in [-0.2, 0) is 9.59 Å². The van der Waals surface area contributed by atoms with E-state index in [9.17, 15) is 9.59 Å². The van der Waals surface area contributed by atoms with E-state index < -0.39 is 16.8 Å². The summed E-state index contributed by atoms with van der Waals surface area (Å²) in [7, 11) is 1.80. The molecular weight excluding hydrogens is 240 g/mol. The van der Waals surface area contributed by atoms with Crippen LogP contribution in [0.25, 0.3) is 0 Å². The Morgan fingerprint density at radius 2 is 2.06 bits per heavy atom. The number of rotatable bonds is 6. The lowest BCUT2D eigenvalue weighted by molar-refractivity contribution is -0.139. The number of carbonyl (C=O) groups excluding carboxylic acids is 1. The molecule has 1 rings (SSSR count). The van der Waals surface area contributed by atoms with Crippen LogP contribution in [0.2, 0.25) is 0 Å². The number of thioether (sulfide) groups is 1. The third kappa shape index (κ3) is 3.89. The van der Waals surface area contributed by atoms with E-state index in [4.69, 9.17) is 10.8 Å². The van der Waals surface area contributed by atoms with Gasteiger partial charge in [0.2, 0.25) is 5.91 Å². The molecule has 0 heterocycles. The molecule has 0 aromatic carbocycles. The molecule has 0 unspecified atom stereocenters. The Labute approximate surface area is 106 Å². The highest BCUT2D eigenvalue weighted by molar-refractivity contribution is 8.01. The summed E-state index contributed by atoms with van der Waals surface area (Å²) in [6, 6.07) is -0.578. The molecule has 0 radical (unpaired) electrons. The zero-order chi connectivity index (χ0) is 13.2. The van der Waals surface area contributed by atoms with Gasteiger partial charge in [-0.05, 0) is 26.7 Å². The molecule has 1 atom stereocenters. The zero-order valence-electron chi connectivity index (χ0n) is 10.5. The van der Waals surface area contributed by atoms with Crippen LogP contribution in [0.3, 0.4) is 0 Å². The standard InChI is InChI=1S/C11H20N2O3S/c1-11(2,9(12)10(15)16)17-6-8(14)13(3)7-4-5-7/h7,9H,4-6,12H2,1-3H3,(H,15,16)/t9-/m0/s1. The summed E-state index contributed by atoms with van der Waals surface area (Å²) in [5, 5.41) is 8.86. The van der Waals surface area contributed by atoms with Crippen molar-refractivity contribution < 1.29 is 14.7 Å². The van der Waals surface area contributed by atoms with Crippen LogP contribution in [0.15, 0.2) is 0 Å². The average Bonchev–Trinajstić information content (AvgIpc) is 3.07. The van der Waals surface area contributed by atoms with Crippen molar-refractivity contribution in [3.05, 3.63) is 0 Å². The van der Waals surface area contributed by atoms with Gasteiger partial charge in [0.05, 0.1) is 5.75 Å². The Balaban J connectivity index is 2.42. The van der Waals surface area contributed by atoms with Crippen molar-refractivity contribution >= 4 is 23.6 Å². The van der Waals surface area contributed by atoms with Crippen LogP contribution in [0.4, 0.5) is 0 Å². The maximum atomic E-state index is 11.8. The molecule has 5 nitrogen and oxygen atoms in total. The van der Waals surface area contributed by atoms with Crippen molar-refractivity contribution in [2.75, 3.05) is 12.8 Å². The quantitative estimate of drug-likeness (QED) is 0.728. The van der Waals surface area contributed by atoms with Crippen molar-refractivity contribution in [1.82, 2.24) is 4.90 Å². The van der Waals surface area contributed by atoms with Crippen LogP contribution >= 0.6 is 11.8 Å². The van der Waals surface area contributed by atoms with Gasteiger partial charge in [0, 0.05) is 17.8 Å². The van der Waals surface area contributed by atoms with Gasteiger partial charge in [0.15, 0.2) is 0 Å². The summed E-state index contributed by atoms with van der Waals surface area (Å²) >= 11 is 1.30. The van der Waals surface area contributed by atoms with Gasteiger partial charge < -0.3 is 15.7 Å². The fraction of sp³-hybridized carbons (Fsp3) is 0.818. The molecule has 17 heavy (non-hydrogen) atoms. The zero-order valence-corrected chi connectivity index (χ0v) is 11.3. The van der Waals surface area contributed by atoms with E-state index >= 15 is 0 Å². The maximum absolute atomic E-state index is 11.8. The minimum atomic E-state index is -1.04. The Kier molecular flexibility index (Phi) is 4.43. The van der Waals surface area contributed by atoms with Gasteiger partial charge >= 0.3 is 5.97 Å². The van der Waals surface area contributed by atoms with E-state index in [1.54, 1.807) is 25.8 Å². The molecule has 6 heteroatoms. The second-order valence-electron chi connectivity index (χ2n) is 4.94. The molecule has 1 aliphatic carbocycles. The van der Waals surface area contributed by atoms with Crippen LogP contribution in [-0.4, -0.2) is 51.5 Å². The molecule has 0 aromatic heterocycles. The lowest BCUT2D eigenvalue weighted by atomic mass is 10.1. The summed E-state index contributed by atoms with van der Waals surface area (Å²) in [5.74, 6) is -0.713. The molecule has 0 bridgehead atoms. The third-order valence-electron chi connectivity index (χ3n) is 3.07. The first-order valence-corrected chi connectivity index (χ1v) is 6.62. The lowest BCUT2D eigenvalue weighted by Gasteiger charge is -2.28. The van der Waals surface area contributed by atoms with Crippen LogP contribution in [0, 0.1) is 0 Å². The monoisotopic (exact) mass is 260 g/mol. The minimum absolute atomic E-state index is 0.0446. The average molecular weight is 260 g/mol. The molecule has 0 spiro atoms. The Hall–Kier alpha value is -0.750. The van der Waals surface area contributed by atoms with Crippen LogP contribution < -0.4 is 5.73 Å². The normalized spacial score (nSPS) is 17.6.